The fraction of sp³-hybridized carbons (Fsp3) is 0.100. The number of hydrogen-bond acceptors (Lipinski definition) is 3. The molecular formula is C10H9N3O2. The van der Waals surface area contributed by atoms with Gasteiger partial charge in [0, 0.05) is 12.6 Å². The van der Waals surface area contributed by atoms with Crippen LogP contribution in [0.4, 0.5) is 5.82 Å². The quantitative estimate of drug-likeness (QED) is 0.554. The normalized spacial score (nSPS) is 10.2. The van der Waals surface area contributed by atoms with Gasteiger partial charge in [-0.1, -0.05) is 18.2 Å². The molecule has 2 rings (SSSR count). The van der Waals surface area contributed by atoms with E-state index in [1.807, 2.05) is 30.3 Å². The molecule has 0 aliphatic rings. The van der Waals surface area contributed by atoms with Gasteiger partial charge < -0.3 is 10.1 Å². The van der Waals surface area contributed by atoms with Gasteiger partial charge in [0.1, 0.15) is 6.20 Å². The summed E-state index contributed by atoms with van der Waals surface area (Å²) < 4.78 is 1.69. The van der Waals surface area contributed by atoms with E-state index in [9.17, 15) is 10.1 Å². The van der Waals surface area contributed by atoms with Crippen LogP contribution in [0.25, 0.3) is 5.69 Å². The van der Waals surface area contributed by atoms with Crippen LogP contribution in [0.15, 0.2) is 36.5 Å². The molecule has 0 fully saturated rings. The first kappa shape index (κ1) is 9.39. The Labute approximate surface area is 86.1 Å². The van der Waals surface area contributed by atoms with Crippen molar-refractivity contribution in [3.8, 4) is 5.69 Å². The molecule has 1 heterocycles. The molecule has 0 saturated heterocycles. The van der Waals surface area contributed by atoms with Crippen LogP contribution in [0.3, 0.4) is 0 Å². The Morgan fingerprint density at radius 3 is 2.53 bits per heavy atom. The highest BCUT2D eigenvalue weighted by Crippen LogP contribution is 2.15. The smallest absolute Gasteiger partial charge is 0.358 e. The number of hydrogen-bond donors (Lipinski definition) is 0. The fourth-order valence-electron chi connectivity index (χ4n) is 1.40. The highest BCUT2D eigenvalue weighted by Gasteiger charge is 2.15. The van der Waals surface area contributed by atoms with Gasteiger partial charge in [0.25, 0.3) is 0 Å². The van der Waals surface area contributed by atoms with Crippen molar-refractivity contribution in [3.63, 3.8) is 0 Å². The second-order valence-electron chi connectivity index (χ2n) is 3.11. The molecule has 0 bridgehead atoms. The van der Waals surface area contributed by atoms with Crippen molar-refractivity contribution < 1.29 is 4.92 Å². The lowest BCUT2D eigenvalue weighted by atomic mass is 10.3. The molecule has 2 aromatic rings. The van der Waals surface area contributed by atoms with E-state index >= 15 is 0 Å². The van der Waals surface area contributed by atoms with Gasteiger partial charge in [-0.15, -0.1) is 0 Å². The number of benzene rings is 1. The Kier molecular flexibility index (Phi) is 2.21. The predicted octanol–water partition coefficient (Wildman–Crippen LogP) is 2.09. The topological polar surface area (TPSA) is 61.0 Å². The molecule has 0 N–H and O–H groups in total. The van der Waals surface area contributed by atoms with Gasteiger partial charge in [0.05, 0.1) is 0 Å². The average molecular weight is 203 g/mol. The van der Waals surface area contributed by atoms with Crippen LogP contribution in [0.1, 0.15) is 5.82 Å². The van der Waals surface area contributed by atoms with E-state index < -0.39 is 4.92 Å². The van der Waals surface area contributed by atoms with Crippen LogP contribution in [0.5, 0.6) is 0 Å². The monoisotopic (exact) mass is 203 g/mol. The first-order valence-electron chi connectivity index (χ1n) is 4.44. The summed E-state index contributed by atoms with van der Waals surface area (Å²) in [7, 11) is 0. The average Bonchev–Trinajstić information content (AvgIpc) is 2.62. The highest BCUT2D eigenvalue weighted by atomic mass is 16.6. The lowest BCUT2D eigenvalue weighted by molar-refractivity contribution is -0.389. The third-order valence-corrected chi connectivity index (χ3v) is 2.09. The molecule has 1 aromatic heterocycles. The zero-order valence-electron chi connectivity index (χ0n) is 8.12. The summed E-state index contributed by atoms with van der Waals surface area (Å²) in [4.78, 5) is 13.9. The molecule has 0 spiro atoms. The van der Waals surface area contributed by atoms with Gasteiger partial charge in [0.2, 0.25) is 5.82 Å². The van der Waals surface area contributed by atoms with E-state index in [0.717, 1.165) is 5.69 Å². The maximum Gasteiger partial charge on any atom is 0.382 e. The first-order chi connectivity index (χ1) is 7.18. The Morgan fingerprint density at radius 1 is 1.33 bits per heavy atom. The number of imidazole rings is 1. The van der Waals surface area contributed by atoms with Crippen molar-refractivity contribution in [1.29, 1.82) is 0 Å². The Bertz CT molecular complexity index is 491. The second-order valence-corrected chi connectivity index (χ2v) is 3.11. The zero-order chi connectivity index (χ0) is 10.8. The van der Waals surface area contributed by atoms with E-state index in [1.165, 1.54) is 6.20 Å². The molecule has 15 heavy (non-hydrogen) atoms. The van der Waals surface area contributed by atoms with Crippen molar-refractivity contribution in [2.24, 2.45) is 0 Å². The van der Waals surface area contributed by atoms with Crippen LogP contribution in [-0.2, 0) is 0 Å². The molecule has 0 amide bonds. The summed E-state index contributed by atoms with van der Waals surface area (Å²) in [5.41, 5.74) is 0.871. The molecule has 76 valence electrons. The minimum atomic E-state index is -0.494. The summed E-state index contributed by atoms with van der Waals surface area (Å²) in [6.45, 7) is 1.74. The third-order valence-electron chi connectivity index (χ3n) is 2.09. The van der Waals surface area contributed by atoms with E-state index in [2.05, 4.69) is 4.98 Å². The number of aromatic nitrogens is 2. The third kappa shape index (κ3) is 1.71. The van der Waals surface area contributed by atoms with E-state index in [1.54, 1.807) is 11.5 Å². The molecule has 0 atom stereocenters. The van der Waals surface area contributed by atoms with Crippen molar-refractivity contribution in [2.45, 2.75) is 6.92 Å². The number of para-hydroxylation sites is 1. The van der Waals surface area contributed by atoms with Crippen LogP contribution < -0.4 is 0 Å². The Morgan fingerprint density at radius 2 is 2.00 bits per heavy atom. The maximum absolute atomic E-state index is 10.5. The van der Waals surface area contributed by atoms with Crippen molar-refractivity contribution in [1.82, 2.24) is 9.55 Å². The van der Waals surface area contributed by atoms with Crippen LogP contribution in [0.2, 0.25) is 0 Å². The van der Waals surface area contributed by atoms with Gasteiger partial charge in [-0.3, -0.25) is 4.57 Å². The molecule has 5 heteroatoms. The minimum absolute atomic E-state index is 0.128. The summed E-state index contributed by atoms with van der Waals surface area (Å²) in [5, 5.41) is 10.5. The molecule has 0 radical (unpaired) electrons. The van der Waals surface area contributed by atoms with Crippen LogP contribution in [-0.4, -0.2) is 14.5 Å². The SMILES string of the molecule is Cc1nc([N+](=O)[O-])cn1-c1ccccc1. The molecular weight excluding hydrogens is 194 g/mol. The Hall–Kier alpha value is -2.17. The zero-order valence-corrected chi connectivity index (χ0v) is 8.12. The lowest BCUT2D eigenvalue weighted by Gasteiger charge is -1.99. The molecule has 1 aromatic carbocycles. The van der Waals surface area contributed by atoms with Gasteiger partial charge in [-0.2, -0.15) is 0 Å². The highest BCUT2D eigenvalue weighted by molar-refractivity contribution is 5.35. The fourth-order valence-corrected chi connectivity index (χ4v) is 1.40. The first-order valence-corrected chi connectivity index (χ1v) is 4.44. The number of aryl methyl sites for hydroxylation is 1. The van der Waals surface area contributed by atoms with Gasteiger partial charge in [-0.25, -0.2) is 0 Å². The van der Waals surface area contributed by atoms with E-state index in [0.29, 0.717) is 5.82 Å². The summed E-state index contributed by atoms with van der Waals surface area (Å²) in [6.07, 6.45) is 1.42. The second kappa shape index (κ2) is 3.53. The molecule has 0 aliphatic heterocycles. The summed E-state index contributed by atoms with van der Waals surface area (Å²) in [6, 6.07) is 9.39. The maximum atomic E-state index is 10.5. The standard InChI is InChI=1S/C10H9N3O2/c1-8-11-10(13(14)15)7-12(8)9-5-3-2-4-6-9/h2-7H,1H3. The number of nitrogens with zero attached hydrogens (tertiary/aromatic N) is 3. The van der Waals surface area contributed by atoms with Crippen molar-refractivity contribution >= 4 is 5.82 Å². The van der Waals surface area contributed by atoms with Gasteiger partial charge in [0.15, 0.2) is 0 Å². The molecule has 0 unspecified atom stereocenters. The lowest BCUT2D eigenvalue weighted by Crippen LogP contribution is -1.93. The Balaban J connectivity index is 2.50. The van der Waals surface area contributed by atoms with E-state index in [-0.39, 0.29) is 5.82 Å². The van der Waals surface area contributed by atoms with Crippen LogP contribution >= 0.6 is 0 Å². The van der Waals surface area contributed by atoms with E-state index in [4.69, 9.17) is 0 Å². The van der Waals surface area contributed by atoms with Crippen molar-refractivity contribution in [3.05, 3.63) is 52.5 Å². The van der Waals surface area contributed by atoms with Crippen LogP contribution in [0, 0.1) is 17.0 Å². The summed E-state index contributed by atoms with van der Waals surface area (Å²) >= 11 is 0. The molecule has 0 aliphatic carbocycles. The number of rotatable bonds is 2. The molecule has 0 saturated carbocycles. The minimum Gasteiger partial charge on any atom is -0.358 e. The predicted molar refractivity (Wildman–Crippen MR) is 55.0 cm³/mol. The van der Waals surface area contributed by atoms with Crippen molar-refractivity contribution in [2.75, 3.05) is 0 Å². The summed E-state index contributed by atoms with van der Waals surface area (Å²) in [5.74, 6) is 0.476. The largest absolute Gasteiger partial charge is 0.382 e. The van der Waals surface area contributed by atoms with Gasteiger partial charge >= 0.3 is 5.82 Å². The van der Waals surface area contributed by atoms with Gasteiger partial charge in [-0.05, 0) is 22.0 Å². The molecule has 5 nitrogen and oxygen atoms in total. The number of nitro groups is 1.